The lowest BCUT2D eigenvalue weighted by molar-refractivity contribution is -0.0530. The van der Waals surface area contributed by atoms with E-state index in [0.717, 1.165) is 5.82 Å². The molecule has 3 aromatic heterocycles. The fraction of sp³-hybridized carbons (Fsp3) is 0.471. The molecule has 0 amide bonds. The van der Waals surface area contributed by atoms with Gasteiger partial charge in [-0.1, -0.05) is 0 Å². The van der Waals surface area contributed by atoms with E-state index in [-0.39, 0.29) is 5.95 Å². The molecule has 10 heteroatoms. The second kappa shape index (κ2) is 5.56. The highest BCUT2D eigenvalue weighted by Crippen LogP contribution is 2.36. The molecule has 27 heavy (non-hydrogen) atoms. The Labute approximate surface area is 154 Å². The van der Waals surface area contributed by atoms with Gasteiger partial charge in [-0.15, -0.1) is 0 Å². The van der Waals surface area contributed by atoms with E-state index >= 15 is 0 Å². The van der Waals surface area contributed by atoms with Crippen molar-refractivity contribution in [1.82, 2.24) is 29.5 Å². The van der Waals surface area contributed by atoms with Crippen LogP contribution < -0.4 is 10.6 Å². The van der Waals surface area contributed by atoms with Crippen molar-refractivity contribution < 1.29 is 9.13 Å². The Morgan fingerprint density at radius 1 is 1.19 bits per heavy atom. The molecule has 0 bridgehead atoms. The number of aromatic nitrogens is 6. The summed E-state index contributed by atoms with van der Waals surface area (Å²) in [5.41, 5.74) is 7.07. The second-order valence-electron chi connectivity index (χ2n) is 7.32. The lowest BCUT2D eigenvalue weighted by Crippen LogP contribution is -2.49. The largest absolute Gasteiger partial charge is 0.368 e. The smallest absolute Gasteiger partial charge is 0.219 e. The summed E-state index contributed by atoms with van der Waals surface area (Å²) < 4.78 is 21.4. The van der Waals surface area contributed by atoms with Crippen LogP contribution in [0.1, 0.15) is 19.7 Å². The van der Waals surface area contributed by atoms with Gasteiger partial charge in [0, 0.05) is 18.9 Å². The standard InChI is InChI=1S/C17H19FN8O/c1-17(2)15-22-11-13(25-7-10(18)8-25)23-12(9-5-20-16(19)21-6-9)24-14(11)26(15)3-4-27-17/h5-6,10H,3-4,7-8H2,1-2H3,(H2,19,20,21). The molecule has 0 radical (unpaired) electrons. The van der Waals surface area contributed by atoms with Crippen molar-refractivity contribution in [3.05, 3.63) is 18.2 Å². The predicted molar refractivity (Wildman–Crippen MR) is 96.8 cm³/mol. The zero-order chi connectivity index (χ0) is 18.8. The van der Waals surface area contributed by atoms with Gasteiger partial charge in [-0.05, 0) is 13.8 Å². The Bertz CT molecular complexity index is 1030. The maximum atomic E-state index is 13.5. The Morgan fingerprint density at radius 2 is 1.93 bits per heavy atom. The third kappa shape index (κ3) is 2.51. The van der Waals surface area contributed by atoms with Crippen LogP contribution in [0.3, 0.4) is 0 Å². The van der Waals surface area contributed by atoms with Gasteiger partial charge < -0.3 is 19.9 Å². The van der Waals surface area contributed by atoms with Crippen molar-refractivity contribution in [2.75, 3.05) is 30.3 Å². The lowest BCUT2D eigenvalue weighted by Gasteiger charge is -2.35. The Hall–Kier alpha value is -2.88. The van der Waals surface area contributed by atoms with Crippen LogP contribution in [0.5, 0.6) is 0 Å². The molecule has 5 rings (SSSR count). The van der Waals surface area contributed by atoms with Crippen LogP contribution in [-0.4, -0.2) is 55.4 Å². The fourth-order valence-electron chi connectivity index (χ4n) is 3.52. The molecule has 1 fully saturated rings. The molecular weight excluding hydrogens is 351 g/mol. The first kappa shape index (κ1) is 16.3. The van der Waals surface area contributed by atoms with E-state index in [1.807, 2.05) is 18.7 Å². The summed E-state index contributed by atoms with van der Waals surface area (Å²) >= 11 is 0. The van der Waals surface area contributed by atoms with E-state index in [4.69, 9.17) is 20.4 Å². The maximum Gasteiger partial charge on any atom is 0.219 e. The number of nitrogen functional groups attached to an aromatic ring is 1. The molecule has 9 nitrogen and oxygen atoms in total. The maximum absolute atomic E-state index is 13.5. The minimum Gasteiger partial charge on any atom is -0.368 e. The van der Waals surface area contributed by atoms with Crippen LogP contribution in [0.4, 0.5) is 16.2 Å². The first-order valence-corrected chi connectivity index (χ1v) is 8.82. The van der Waals surface area contributed by atoms with Gasteiger partial charge in [0.25, 0.3) is 0 Å². The number of hydrogen-bond donors (Lipinski definition) is 1. The first-order chi connectivity index (χ1) is 12.9. The minimum atomic E-state index is -0.852. The average molecular weight is 370 g/mol. The topological polar surface area (TPSA) is 108 Å². The molecule has 2 aliphatic rings. The molecule has 0 atom stereocenters. The van der Waals surface area contributed by atoms with E-state index in [1.165, 1.54) is 0 Å². The van der Waals surface area contributed by atoms with Gasteiger partial charge in [0.15, 0.2) is 22.8 Å². The van der Waals surface area contributed by atoms with Crippen molar-refractivity contribution in [3.8, 4) is 11.4 Å². The summed E-state index contributed by atoms with van der Waals surface area (Å²) in [7, 11) is 0. The average Bonchev–Trinajstić information content (AvgIpc) is 2.99. The number of anilines is 2. The van der Waals surface area contributed by atoms with Crippen molar-refractivity contribution >= 4 is 22.9 Å². The Morgan fingerprint density at radius 3 is 2.63 bits per heavy atom. The molecule has 0 aliphatic carbocycles. The van der Waals surface area contributed by atoms with Crippen LogP contribution in [0.15, 0.2) is 12.4 Å². The van der Waals surface area contributed by atoms with Gasteiger partial charge >= 0.3 is 0 Å². The SMILES string of the molecule is CC1(C)OCCn2c1nc1c(N3CC(F)C3)nc(-c3cnc(N)nc3)nc12. The van der Waals surface area contributed by atoms with Crippen LogP contribution in [0.2, 0.25) is 0 Å². The summed E-state index contributed by atoms with van der Waals surface area (Å²) in [4.78, 5) is 24.1. The van der Waals surface area contributed by atoms with Crippen molar-refractivity contribution in [1.29, 1.82) is 0 Å². The highest BCUT2D eigenvalue weighted by atomic mass is 19.1. The zero-order valence-electron chi connectivity index (χ0n) is 15.1. The minimum absolute atomic E-state index is 0.184. The van der Waals surface area contributed by atoms with Gasteiger partial charge in [-0.25, -0.2) is 29.3 Å². The third-order valence-electron chi connectivity index (χ3n) is 4.96. The van der Waals surface area contributed by atoms with E-state index < -0.39 is 11.8 Å². The summed E-state index contributed by atoms with van der Waals surface area (Å²) in [6.45, 7) is 5.77. The molecule has 0 saturated carbocycles. The highest BCUT2D eigenvalue weighted by molar-refractivity contribution is 5.87. The number of nitrogens with two attached hydrogens (primary N) is 1. The van der Waals surface area contributed by atoms with Crippen LogP contribution in [-0.2, 0) is 16.9 Å². The summed E-state index contributed by atoms with van der Waals surface area (Å²) in [5, 5.41) is 0. The summed E-state index contributed by atoms with van der Waals surface area (Å²) in [6.07, 6.45) is 2.32. The molecular formula is C17H19FN8O. The molecule has 0 aromatic carbocycles. The second-order valence-corrected chi connectivity index (χ2v) is 7.32. The Kier molecular flexibility index (Phi) is 3.36. The number of rotatable bonds is 2. The van der Waals surface area contributed by atoms with E-state index in [2.05, 4.69) is 19.5 Å². The number of nitrogens with zero attached hydrogens (tertiary/aromatic N) is 7. The summed E-state index contributed by atoms with van der Waals surface area (Å²) in [6, 6.07) is 0. The van der Waals surface area contributed by atoms with E-state index in [9.17, 15) is 4.39 Å². The van der Waals surface area contributed by atoms with Gasteiger partial charge in [0.2, 0.25) is 5.95 Å². The summed E-state index contributed by atoms with van der Waals surface area (Å²) in [5.74, 6) is 2.07. The first-order valence-electron chi connectivity index (χ1n) is 8.82. The van der Waals surface area contributed by atoms with Gasteiger partial charge in [-0.2, -0.15) is 0 Å². The molecule has 2 N–H and O–H groups in total. The van der Waals surface area contributed by atoms with Crippen LogP contribution in [0.25, 0.3) is 22.6 Å². The number of hydrogen-bond acceptors (Lipinski definition) is 8. The Balaban J connectivity index is 1.74. The molecule has 1 saturated heterocycles. The van der Waals surface area contributed by atoms with Gasteiger partial charge in [0.1, 0.15) is 17.6 Å². The number of alkyl halides is 1. The van der Waals surface area contributed by atoms with Crippen molar-refractivity contribution in [2.45, 2.75) is 32.2 Å². The molecule has 2 aliphatic heterocycles. The molecule has 3 aromatic rings. The van der Waals surface area contributed by atoms with Crippen molar-refractivity contribution in [3.63, 3.8) is 0 Å². The van der Waals surface area contributed by atoms with Crippen molar-refractivity contribution in [2.24, 2.45) is 0 Å². The van der Waals surface area contributed by atoms with E-state index in [0.29, 0.717) is 54.6 Å². The quantitative estimate of drug-likeness (QED) is 0.719. The normalized spacial score (nSPS) is 19.1. The number of halogens is 1. The van der Waals surface area contributed by atoms with Crippen LogP contribution in [0, 0.1) is 0 Å². The molecule has 0 unspecified atom stereocenters. The van der Waals surface area contributed by atoms with E-state index in [1.54, 1.807) is 12.4 Å². The fourth-order valence-corrected chi connectivity index (χ4v) is 3.52. The number of imidazole rings is 1. The monoisotopic (exact) mass is 370 g/mol. The number of fused-ring (bicyclic) bond motifs is 3. The highest BCUT2D eigenvalue weighted by Gasteiger charge is 2.36. The number of ether oxygens (including phenoxy) is 1. The van der Waals surface area contributed by atoms with Gasteiger partial charge in [0.05, 0.1) is 25.3 Å². The van der Waals surface area contributed by atoms with Gasteiger partial charge in [-0.3, -0.25) is 0 Å². The molecule has 5 heterocycles. The molecule has 140 valence electrons. The predicted octanol–water partition coefficient (Wildman–Crippen LogP) is 1.29. The third-order valence-corrected chi connectivity index (χ3v) is 4.96. The lowest BCUT2D eigenvalue weighted by atomic mass is 10.1. The van der Waals surface area contributed by atoms with Crippen LogP contribution >= 0.6 is 0 Å². The zero-order valence-corrected chi connectivity index (χ0v) is 15.1. The molecule has 0 spiro atoms.